The maximum Gasteiger partial charge on any atom is 0.255 e. The van der Waals surface area contributed by atoms with E-state index in [0.717, 1.165) is 51.1 Å². The van der Waals surface area contributed by atoms with Crippen molar-refractivity contribution >= 4 is 34.8 Å². The Balaban J connectivity index is 0.00000140. The third-order valence-corrected chi connectivity index (χ3v) is 6.71. The molecule has 0 spiro atoms. The van der Waals surface area contributed by atoms with Crippen LogP contribution in [0.4, 0.5) is 0 Å². The molecular weight excluding hydrogens is 423 g/mol. The van der Waals surface area contributed by atoms with E-state index in [4.69, 9.17) is 0 Å². The molecule has 2 atom stereocenters. The second-order valence-corrected chi connectivity index (χ2v) is 9.88. The van der Waals surface area contributed by atoms with E-state index in [9.17, 15) is 13.2 Å². The van der Waals surface area contributed by atoms with Gasteiger partial charge in [0.2, 0.25) is 10.0 Å². The minimum atomic E-state index is -3.15. The van der Waals surface area contributed by atoms with Crippen LogP contribution in [0.25, 0.3) is 0 Å². The molecule has 0 unspecified atom stereocenters. The first-order valence-electron chi connectivity index (χ1n) is 9.52. The van der Waals surface area contributed by atoms with Crippen LogP contribution >= 0.6 is 24.8 Å². The Kier molecular flexibility index (Phi) is 7.98. The lowest BCUT2D eigenvalue weighted by atomic mass is 9.84. The van der Waals surface area contributed by atoms with Crippen LogP contribution in [0.15, 0.2) is 16.9 Å². The third kappa shape index (κ3) is 5.29. The molecule has 160 valence electrons. The zero-order valence-electron chi connectivity index (χ0n) is 16.1. The van der Waals surface area contributed by atoms with Gasteiger partial charge in [0.15, 0.2) is 0 Å². The van der Waals surface area contributed by atoms with Crippen molar-refractivity contribution in [2.75, 3.05) is 32.4 Å². The number of fused-ring (bicyclic) bond motifs is 4. The van der Waals surface area contributed by atoms with Gasteiger partial charge in [0.05, 0.1) is 6.26 Å². The molecule has 7 nitrogen and oxygen atoms in total. The van der Waals surface area contributed by atoms with Crippen molar-refractivity contribution in [2.45, 2.75) is 44.3 Å². The van der Waals surface area contributed by atoms with E-state index >= 15 is 0 Å². The van der Waals surface area contributed by atoms with E-state index in [2.05, 4.69) is 21.0 Å². The van der Waals surface area contributed by atoms with E-state index in [1.165, 1.54) is 18.4 Å². The summed E-state index contributed by atoms with van der Waals surface area (Å²) in [6.45, 7) is 5.07. The number of nitrogens with zero attached hydrogens (tertiary/aromatic N) is 2. The summed E-state index contributed by atoms with van der Waals surface area (Å²) >= 11 is 0. The third-order valence-electron chi connectivity index (χ3n) is 5.95. The normalized spacial score (nSPS) is 25.3. The lowest BCUT2D eigenvalue weighted by molar-refractivity contribution is 0.198. The van der Waals surface area contributed by atoms with Gasteiger partial charge in [-0.1, -0.05) is 6.07 Å². The lowest BCUT2D eigenvalue weighted by Gasteiger charge is -2.38. The van der Waals surface area contributed by atoms with Crippen LogP contribution in [0, 0.1) is 5.92 Å². The molecule has 3 aliphatic heterocycles. The Hall–Kier alpha value is -0.640. The minimum absolute atomic E-state index is 0. The topological polar surface area (TPSA) is 83.4 Å². The van der Waals surface area contributed by atoms with E-state index in [0.29, 0.717) is 18.4 Å². The molecule has 28 heavy (non-hydrogen) atoms. The molecule has 0 aliphatic carbocycles. The van der Waals surface area contributed by atoms with Gasteiger partial charge in [-0.3, -0.25) is 9.69 Å². The molecule has 10 heteroatoms. The van der Waals surface area contributed by atoms with Crippen molar-refractivity contribution < 1.29 is 8.42 Å². The number of likely N-dealkylation sites (tertiary alicyclic amines) is 1. The first-order chi connectivity index (χ1) is 12.4. The van der Waals surface area contributed by atoms with Crippen molar-refractivity contribution in [1.82, 2.24) is 19.5 Å². The Labute approximate surface area is 179 Å². The van der Waals surface area contributed by atoms with Gasteiger partial charge in [-0.2, -0.15) is 0 Å². The molecule has 3 aliphatic rings. The highest BCUT2D eigenvalue weighted by Crippen LogP contribution is 2.31. The number of aromatic nitrogens is 1. The van der Waals surface area contributed by atoms with Gasteiger partial charge < -0.3 is 9.88 Å². The first-order valence-corrected chi connectivity index (χ1v) is 11.4. The zero-order chi connectivity index (χ0) is 18.3. The van der Waals surface area contributed by atoms with Gasteiger partial charge in [-0.25, -0.2) is 13.1 Å². The van der Waals surface area contributed by atoms with Crippen molar-refractivity contribution in [1.29, 1.82) is 0 Å². The first kappa shape index (κ1) is 23.6. The summed E-state index contributed by atoms with van der Waals surface area (Å²) in [5.74, 6) is 1.02. The Morgan fingerprint density at radius 3 is 2.57 bits per heavy atom. The second-order valence-electron chi connectivity index (χ2n) is 8.10. The molecule has 0 aromatic carbocycles. The molecule has 0 saturated carbocycles. The molecular formula is C18H30Cl2N4O3S. The van der Waals surface area contributed by atoms with Gasteiger partial charge in [0.1, 0.15) is 0 Å². The number of rotatable bonds is 4. The quantitative estimate of drug-likeness (QED) is 0.709. The summed E-state index contributed by atoms with van der Waals surface area (Å²) < 4.78 is 27.4. The number of hydrogen-bond acceptors (Lipinski definition) is 5. The van der Waals surface area contributed by atoms with Crippen LogP contribution in [0.5, 0.6) is 0 Å². The molecule has 1 aromatic rings. The summed E-state index contributed by atoms with van der Waals surface area (Å²) in [7, 11) is -3.15. The highest BCUT2D eigenvalue weighted by Gasteiger charge is 2.31. The average molecular weight is 453 g/mol. The number of pyridine rings is 1. The van der Waals surface area contributed by atoms with E-state index < -0.39 is 10.0 Å². The summed E-state index contributed by atoms with van der Waals surface area (Å²) in [6.07, 6.45) is 3.97. The molecule has 4 rings (SSSR count). The van der Waals surface area contributed by atoms with Crippen LogP contribution in [0.2, 0.25) is 0 Å². The van der Waals surface area contributed by atoms with E-state index in [1.54, 1.807) is 0 Å². The Morgan fingerprint density at radius 1 is 1.18 bits per heavy atom. The van der Waals surface area contributed by atoms with Crippen LogP contribution < -0.4 is 15.6 Å². The SMILES string of the molecule is CS(=O)(=O)NC1CCN(Cc2ccc3n(c2=O)C[C@@H]2CNC[C@H]3C2)CC1.Cl.Cl. The molecule has 2 fully saturated rings. The van der Waals surface area contributed by atoms with Crippen molar-refractivity contribution in [3.63, 3.8) is 0 Å². The number of hydrogen-bond donors (Lipinski definition) is 2. The largest absolute Gasteiger partial charge is 0.316 e. The molecule has 1 aromatic heterocycles. The monoisotopic (exact) mass is 452 g/mol. The fourth-order valence-electron chi connectivity index (χ4n) is 4.71. The van der Waals surface area contributed by atoms with Crippen LogP contribution in [0.1, 0.15) is 36.4 Å². The van der Waals surface area contributed by atoms with Crippen molar-refractivity contribution in [3.05, 3.63) is 33.7 Å². The van der Waals surface area contributed by atoms with Crippen LogP contribution in [-0.4, -0.2) is 56.4 Å². The standard InChI is InChI=1S/C18H28N4O3S.2ClH/c1-26(24,25)20-16-4-6-21(7-5-16)12-14-2-3-17-15-8-13(9-19-10-15)11-22(17)18(14)23;;/h2-3,13,15-16,19-20H,4-12H2,1H3;2*1H/t13-,15+;;/m0../s1. The van der Waals surface area contributed by atoms with E-state index in [-0.39, 0.29) is 36.4 Å². The summed E-state index contributed by atoms with van der Waals surface area (Å²) in [5, 5.41) is 3.48. The number of halogens is 2. The maximum absolute atomic E-state index is 13.0. The maximum atomic E-state index is 13.0. The minimum Gasteiger partial charge on any atom is -0.316 e. The predicted octanol–water partition coefficient (Wildman–Crippen LogP) is 0.912. The fourth-order valence-corrected chi connectivity index (χ4v) is 5.55. The number of sulfonamides is 1. The predicted molar refractivity (Wildman–Crippen MR) is 115 cm³/mol. The molecule has 4 heterocycles. The average Bonchev–Trinajstić information content (AvgIpc) is 2.59. The highest BCUT2D eigenvalue weighted by molar-refractivity contribution is 7.88. The van der Waals surface area contributed by atoms with E-state index in [1.807, 2.05) is 10.6 Å². The lowest BCUT2D eigenvalue weighted by Crippen LogP contribution is -2.46. The second kappa shape index (κ2) is 9.45. The van der Waals surface area contributed by atoms with Gasteiger partial charge in [-0.05, 0) is 37.8 Å². The smallest absolute Gasteiger partial charge is 0.255 e. The Morgan fingerprint density at radius 2 is 1.89 bits per heavy atom. The van der Waals surface area contributed by atoms with Gasteiger partial charge in [-0.15, -0.1) is 24.8 Å². The number of nitrogens with one attached hydrogen (secondary N) is 2. The molecule has 2 bridgehead atoms. The van der Waals surface area contributed by atoms with Crippen molar-refractivity contribution in [3.8, 4) is 0 Å². The van der Waals surface area contributed by atoms with Gasteiger partial charge >= 0.3 is 0 Å². The van der Waals surface area contributed by atoms with Crippen LogP contribution in [0.3, 0.4) is 0 Å². The zero-order valence-corrected chi connectivity index (χ0v) is 18.5. The summed E-state index contributed by atoms with van der Waals surface area (Å²) in [6, 6.07) is 4.16. The Bertz CT molecular complexity index is 838. The molecule has 2 N–H and O–H groups in total. The highest BCUT2D eigenvalue weighted by atomic mass is 35.5. The number of piperidine rings is 2. The summed E-state index contributed by atoms with van der Waals surface area (Å²) in [4.78, 5) is 15.3. The molecule has 0 radical (unpaired) electrons. The van der Waals surface area contributed by atoms with Gasteiger partial charge in [0, 0.05) is 55.9 Å². The summed E-state index contributed by atoms with van der Waals surface area (Å²) in [5.41, 5.74) is 2.20. The van der Waals surface area contributed by atoms with Gasteiger partial charge in [0.25, 0.3) is 5.56 Å². The molecule has 0 amide bonds. The van der Waals surface area contributed by atoms with Crippen molar-refractivity contribution in [2.24, 2.45) is 5.92 Å². The van der Waals surface area contributed by atoms with Crippen LogP contribution in [-0.2, 0) is 23.1 Å². The fraction of sp³-hybridized carbons (Fsp3) is 0.722. The molecule has 2 saturated heterocycles.